The van der Waals surface area contributed by atoms with Crippen LogP contribution in [0.5, 0.6) is 0 Å². The van der Waals surface area contributed by atoms with Gasteiger partial charge in [0, 0.05) is 5.92 Å². The second-order valence-electron chi connectivity index (χ2n) is 3.53. The van der Waals surface area contributed by atoms with Crippen molar-refractivity contribution in [3.8, 4) is 0 Å². The lowest BCUT2D eigenvalue weighted by Crippen LogP contribution is -1.95. The lowest BCUT2D eigenvalue weighted by Gasteiger charge is -2.12. The van der Waals surface area contributed by atoms with Gasteiger partial charge >= 0.3 is 0 Å². The fraction of sp³-hybridized carbons (Fsp3) is 0.200. The highest BCUT2D eigenvalue weighted by Crippen LogP contribution is 2.24. The number of rotatable bonds is 4. The summed E-state index contributed by atoms with van der Waals surface area (Å²) in [7, 11) is 0. The van der Waals surface area contributed by atoms with Gasteiger partial charge in [-0.15, -0.1) is 0 Å². The molecule has 1 rings (SSSR count). The summed E-state index contributed by atoms with van der Waals surface area (Å²) in [5, 5.41) is 0. The van der Waals surface area contributed by atoms with Gasteiger partial charge in [-0.05, 0) is 18.1 Å². The van der Waals surface area contributed by atoms with Gasteiger partial charge in [-0.2, -0.15) is 0 Å². The first-order valence-electron chi connectivity index (χ1n) is 5.29. The van der Waals surface area contributed by atoms with Crippen molar-refractivity contribution in [2.75, 3.05) is 0 Å². The molecule has 0 amide bonds. The minimum absolute atomic E-state index is 0.417. The number of benzene rings is 1. The highest BCUT2D eigenvalue weighted by molar-refractivity contribution is 5.35. The Kier molecular flexibility index (Phi) is 4.62. The third-order valence-electron chi connectivity index (χ3n) is 2.47. The van der Waals surface area contributed by atoms with Crippen molar-refractivity contribution in [1.29, 1.82) is 0 Å². The Hall–Kier alpha value is -1.56. The van der Waals surface area contributed by atoms with E-state index in [0.29, 0.717) is 5.92 Å². The van der Waals surface area contributed by atoms with E-state index in [1.54, 1.807) is 0 Å². The van der Waals surface area contributed by atoms with Crippen LogP contribution < -0.4 is 0 Å². The summed E-state index contributed by atoms with van der Waals surface area (Å²) in [6.45, 7) is 8.00. The van der Waals surface area contributed by atoms with E-state index >= 15 is 0 Å². The molecule has 1 aromatic rings. The average molecular weight is 198 g/mol. The van der Waals surface area contributed by atoms with Crippen molar-refractivity contribution in [1.82, 2.24) is 0 Å². The van der Waals surface area contributed by atoms with E-state index in [1.807, 2.05) is 19.1 Å². The Morgan fingerprint density at radius 2 is 1.93 bits per heavy atom. The molecule has 0 fully saturated rings. The average Bonchev–Trinajstić information content (AvgIpc) is 2.29. The molecule has 0 heterocycles. The van der Waals surface area contributed by atoms with E-state index < -0.39 is 0 Å². The smallest absolute Gasteiger partial charge is 0.00608 e. The van der Waals surface area contributed by atoms with Gasteiger partial charge in [0.1, 0.15) is 0 Å². The molecule has 0 radical (unpaired) electrons. The van der Waals surface area contributed by atoms with Crippen LogP contribution in [0, 0.1) is 0 Å². The Morgan fingerprint density at radius 3 is 2.47 bits per heavy atom. The third-order valence-corrected chi connectivity index (χ3v) is 2.47. The van der Waals surface area contributed by atoms with Crippen LogP contribution >= 0.6 is 0 Å². The van der Waals surface area contributed by atoms with Gasteiger partial charge in [0.25, 0.3) is 0 Å². The molecule has 0 spiro atoms. The molecule has 0 aromatic heterocycles. The Morgan fingerprint density at radius 1 is 1.27 bits per heavy atom. The van der Waals surface area contributed by atoms with Crippen LogP contribution in [-0.2, 0) is 0 Å². The summed E-state index contributed by atoms with van der Waals surface area (Å²) >= 11 is 0. The monoisotopic (exact) mass is 198 g/mol. The molecule has 0 aliphatic rings. The number of hydrogen-bond donors (Lipinski definition) is 0. The normalized spacial score (nSPS) is 14.1. The predicted molar refractivity (Wildman–Crippen MR) is 68.0 cm³/mol. The van der Waals surface area contributed by atoms with Crippen molar-refractivity contribution in [3.05, 3.63) is 72.4 Å². The molecule has 0 aliphatic heterocycles. The van der Waals surface area contributed by atoms with E-state index in [-0.39, 0.29) is 0 Å². The largest absolute Gasteiger partial charge is 0.0991 e. The van der Waals surface area contributed by atoms with Gasteiger partial charge in [-0.1, -0.05) is 68.1 Å². The molecule has 0 saturated heterocycles. The fourth-order valence-electron chi connectivity index (χ4n) is 1.61. The van der Waals surface area contributed by atoms with Crippen LogP contribution in [0.15, 0.2) is 66.8 Å². The fourth-order valence-corrected chi connectivity index (χ4v) is 1.61. The van der Waals surface area contributed by atoms with Gasteiger partial charge in [0.05, 0.1) is 0 Å². The summed E-state index contributed by atoms with van der Waals surface area (Å²) in [6.07, 6.45) is 8.11. The molecule has 0 N–H and O–H groups in total. The topological polar surface area (TPSA) is 0 Å². The van der Waals surface area contributed by atoms with Crippen LogP contribution in [0.1, 0.15) is 25.3 Å². The van der Waals surface area contributed by atoms with Gasteiger partial charge in [0.15, 0.2) is 0 Å². The molecular formula is C15H18. The summed E-state index contributed by atoms with van der Waals surface area (Å²) < 4.78 is 0. The molecule has 0 bridgehead atoms. The Bertz CT molecular complexity index is 355. The maximum Gasteiger partial charge on any atom is 0.00608 e. The zero-order valence-corrected chi connectivity index (χ0v) is 9.48. The van der Waals surface area contributed by atoms with Crippen LogP contribution in [0.4, 0.5) is 0 Å². The Balaban J connectivity index is 2.96. The van der Waals surface area contributed by atoms with E-state index in [2.05, 4.69) is 56.0 Å². The molecule has 15 heavy (non-hydrogen) atoms. The van der Waals surface area contributed by atoms with Crippen molar-refractivity contribution >= 4 is 0 Å². The molecule has 0 aliphatic carbocycles. The predicted octanol–water partition coefficient (Wildman–Crippen LogP) is 4.48. The molecule has 1 aromatic carbocycles. The van der Waals surface area contributed by atoms with Crippen molar-refractivity contribution in [2.24, 2.45) is 0 Å². The standard InChI is InChI=1S/C15H18/c1-4-9-14(10-5-2)13(3)15-11-7-6-8-12-15/h4-13H,1H2,2-3H3. The highest BCUT2D eigenvalue weighted by Gasteiger charge is 2.06. The summed E-state index contributed by atoms with van der Waals surface area (Å²) in [5.74, 6) is 0.417. The molecule has 1 atom stereocenters. The maximum absolute atomic E-state index is 3.75. The van der Waals surface area contributed by atoms with Crippen LogP contribution in [0.3, 0.4) is 0 Å². The third kappa shape index (κ3) is 3.25. The van der Waals surface area contributed by atoms with Crippen LogP contribution in [0.2, 0.25) is 0 Å². The number of allylic oxidation sites excluding steroid dienone is 5. The molecule has 1 unspecified atom stereocenters. The minimum atomic E-state index is 0.417. The second kappa shape index (κ2) is 6.02. The lowest BCUT2D eigenvalue weighted by molar-refractivity contribution is 0.921. The number of hydrogen-bond acceptors (Lipinski definition) is 0. The first-order chi connectivity index (χ1) is 7.29. The second-order valence-corrected chi connectivity index (χ2v) is 3.53. The quantitative estimate of drug-likeness (QED) is 0.626. The first-order valence-corrected chi connectivity index (χ1v) is 5.29. The summed E-state index contributed by atoms with van der Waals surface area (Å²) in [5.41, 5.74) is 2.63. The first kappa shape index (κ1) is 11.5. The molecule has 0 heteroatoms. The van der Waals surface area contributed by atoms with Crippen molar-refractivity contribution in [2.45, 2.75) is 19.8 Å². The van der Waals surface area contributed by atoms with Crippen molar-refractivity contribution in [3.63, 3.8) is 0 Å². The Labute approximate surface area is 92.6 Å². The zero-order valence-electron chi connectivity index (χ0n) is 9.48. The highest BCUT2D eigenvalue weighted by atomic mass is 14.1. The minimum Gasteiger partial charge on any atom is -0.0991 e. The zero-order chi connectivity index (χ0) is 11.1. The lowest BCUT2D eigenvalue weighted by atomic mass is 9.92. The van der Waals surface area contributed by atoms with Crippen LogP contribution in [0.25, 0.3) is 0 Å². The molecule has 0 saturated carbocycles. The SMILES string of the molecule is C=CC=C(C=CC)C(C)c1ccccc1. The van der Waals surface area contributed by atoms with E-state index in [9.17, 15) is 0 Å². The van der Waals surface area contributed by atoms with Crippen molar-refractivity contribution < 1.29 is 0 Å². The van der Waals surface area contributed by atoms with E-state index in [0.717, 1.165) is 0 Å². The van der Waals surface area contributed by atoms with Gasteiger partial charge in [-0.3, -0.25) is 0 Å². The van der Waals surface area contributed by atoms with Gasteiger partial charge in [0.2, 0.25) is 0 Å². The van der Waals surface area contributed by atoms with E-state index in [1.165, 1.54) is 11.1 Å². The van der Waals surface area contributed by atoms with Crippen LogP contribution in [-0.4, -0.2) is 0 Å². The summed E-state index contributed by atoms with van der Waals surface area (Å²) in [4.78, 5) is 0. The summed E-state index contributed by atoms with van der Waals surface area (Å²) in [6, 6.07) is 10.5. The molecular weight excluding hydrogens is 180 g/mol. The molecule has 0 nitrogen and oxygen atoms in total. The van der Waals surface area contributed by atoms with E-state index in [4.69, 9.17) is 0 Å². The van der Waals surface area contributed by atoms with Gasteiger partial charge in [-0.25, -0.2) is 0 Å². The van der Waals surface area contributed by atoms with Gasteiger partial charge < -0.3 is 0 Å². The molecule has 78 valence electrons. The maximum atomic E-state index is 3.75.